The molecule has 0 bridgehead atoms. The molecule has 0 radical (unpaired) electrons. The third-order valence-corrected chi connectivity index (χ3v) is 6.75. The average Bonchev–Trinajstić information content (AvgIpc) is 3.41. The highest BCUT2D eigenvalue weighted by Crippen LogP contribution is 2.21. The lowest BCUT2D eigenvalue weighted by molar-refractivity contribution is -0.141. The van der Waals surface area contributed by atoms with Crippen molar-refractivity contribution in [3.63, 3.8) is 0 Å². The Morgan fingerprint density at radius 3 is 2.19 bits per heavy atom. The summed E-state index contributed by atoms with van der Waals surface area (Å²) < 4.78 is 18.8. The minimum Gasteiger partial charge on any atom is -0.497 e. The molecule has 4 rings (SSSR count). The number of benzene rings is 3. The second-order valence-electron chi connectivity index (χ2n) is 9.37. The van der Waals surface area contributed by atoms with Gasteiger partial charge in [0, 0.05) is 19.0 Å². The molecule has 0 heterocycles. The van der Waals surface area contributed by atoms with Crippen molar-refractivity contribution in [2.24, 2.45) is 0 Å². The predicted octanol–water partition coefficient (Wildman–Crippen LogP) is 5.08. The molecule has 6 heteroatoms. The van der Waals surface area contributed by atoms with E-state index in [9.17, 15) is 14.0 Å². The summed E-state index contributed by atoms with van der Waals surface area (Å²) in [7, 11) is 1.60. The molecule has 2 amide bonds. The van der Waals surface area contributed by atoms with E-state index in [0.29, 0.717) is 12.2 Å². The lowest BCUT2D eigenvalue weighted by atomic mass is 10.0. The number of rotatable bonds is 10. The Morgan fingerprint density at radius 1 is 0.917 bits per heavy atom. The summed E-state index contributed by atoms with van der Waals surface area (Å²) in [6.07, 6.45) is 4.67. The largest absolute Gasteiger partial charge is 0.497 e. The van der Waals surface area contributed by atoms with Crippen molar-refractivity contribution in [2.75, 3.05) is 7.11 Å². The molecule has 3 aromatic carbocycles. The van der Waals surface area contributed by atoms with E-state index < -0.39 is 6.04 Å². The summed E-state index contributed by atoms with van der Waals surface area (Å²) in [4.78, 5) is 29.0. The number of hydrogen-bond donors (Lipinski definition) is 1. The van der Waals surface area contributed by atoms with Gasteiger partial charge in [0.2, 0.25) is 11.8 Å². The van der Waals surface area contributed by atoms with Gasteiger partial charge in [0.15, 0.2) is 0 Å². The summed E-state index contributed by atoms with van der Waals surface area (Å²) in [5.74, 6) is 0.0740. The number of carbonyl (C=O) groups excluding carboxylic acids is 2. The first-order valence-corrected chi connectivity index (χ1v) is 12.5. The van der Waals surface area contributed by atoms with Gasteiger partial charge in [-0.2, -0.15) is 0 Å². The normalized spacial score (nSPS) is 14.3. The highest BCUT2D eigenvalue weighted by molar-refractivity contribution is 5.89. The van der Waals surface area contributed by atoms with Crippen molar-refractivity contribution in [1.29, 1.82) is 0 Å². The van der Waals surface area contributed by atoms with Gasteiger partial charge in [-0.3, -0.25) is 9.59 Å². The number of amides is 2. The number of halogens is 1. The molecule has 1 fully saturated rings. The first kappa shape index (κ1) is 25.4. The first-order chi connectivity index (χ1) is 17.5. The van der Waals surface area contributed by atoms with Crippen molar-refractivity contribution in [3.05, 3.63) is 101 Å². The Kier molecular flexibility index (Phi) is 8.71. The van der Waals surface area contributed by atoms with Crippen LogP contribution in [0.4, 0.5) is 4.39 Å². The van der Waals surface area contributed by atoms with Crippen LogP contribution in [0, 0.1) is 5.82 Å². The molecular weight excluding hydrogens is 455 g/mol. The van der Waals surface area contributed by atoms with E-state index in [1.54, 1.807) is 24.1 Å². The van der Waals surface area contributed by atoms with Crippen LogP contribution in [0.5, 0.6) is 5.75 Å². The number of methoxy groups -OCH3 is 1. The number of ether oxygens (including phenoxy) is 1. The van der Waals surface area contributed by atoms with E-state index in [1.165, 1.54) is 12.1 Å². The lowest BCUT2D eigenvalue weighted by Gasteiger charge is -2.32. The van der Waals surface area contributed by atoms with E-state index >= 15 is 0 Å². The molecule has 1 N–H and O–H groups in total. The van der Waals surface area contributed by atoms with E-state index in [2.05, 4.69) is 5.32 Å². The molecular formula is C30H33FN2O3. The van der Waals surface area contributed by atoms with Crippen molar-refractivity contribution in [2.45, 2.75) is 57.2 Å². The third-order valence-electron chi connectivity index (χ3n) is 6.75. The number of carbonyl (C=O) groups is 2. The van der Waals surface area contributed by atoms with E-state index in [-0.39, 0.29) is 36.6 Å². The van der Waals surface area contributed by atoms with Gasteiger partial charge in [-0.05, 0) is 53.8 Å². The van der Waals surface area contributed by atoms with Crippen molar-refractivity contribution >= 4 is 11.8 Å². The molecule has 1 saturated carbocycles. The van der Waals surface area contributed by atoms with Crippen LogP contribution in [0.1, 0.15) is 42.4 Å². The topological polar surface area (TPSA) is 58.6 Å². The lowest BCUT2D eigenvalue weighted by Crippen LogP contribution is -2.52. The fourth-order valence-corrected chi connectivity index (χ4v) is 4.73. The third kappa shape index (κ3) is 6.94. The van der Waals surface area contributed by atoms with Gasteiger partial charge in [-0.15, -0.1) is 0 Å². The van der Waals surface area contributed by atoms with Gasteiger partial charge in [0.05, 0.1) is 13.5 Å². The van der Waals surface area contributed by atoms with Crippen molar-refractivity contribution in [3.8, 4) is 5.75 Å². The van der Waals surface area contributed by atoms with Gasteiger partial charge in [0.25, 0.3) is 0 Å². The maximum absolute atomic E-state index is 13.8. The Morgan fingerprint density at radius 2 is 1.56 bits per heavy atom. The molecule has 0 aliphatic heterocycles. The van der Waals surface area contributed by atoms with Crippen LogP contribution in [-0.2, 0) is 29.0 Å². The smallest absolute Gasteiger partial charge is 0.243 e. The second-order valence-corrected chi connectivity index (χ2v) is 9.37. The molecule has 3 aromatic rings. The number of hydrogen-bond acceptors (Lipinski definition) is 3. The minimum atomic E-state index is -0.691. The monoisotopic (exact) mass is 488 g/mol. The Hall–Kier alpha value is -3.67. The SMILES string of the molecule is COc1ccc(CC(=O)N(Cc2ccc(F)cc2)C(Cc2ccccc2)C(=O)NC2CCCC2)cc1. The first-order valence-electron chi connectivity index (χ1n) is 12.5. The maximum atomic E-state index is 13.8. The quantitative estimate of drug-likeness (QED) is 0.433. The molecule has 0 saturated heterocycles. The predicted molar refractivity (Wildman–Crippen MR) is 138 cm³/mol. The van der Waals surface area contributed by atoms with Crippen molar-refractivity contribution < 1.29 is 18.7 Å². The van der Waals surface area contributed by atoms with Gasteiger partial charge in [-0.25, -0.2) is 4.39 Å². The molecule has 188 valence electrons. The standard InChI is InChI=1S/C30H33FN2O3/c1-36-27-17-13-23(14-18-27)20-29(34)33(21-24-11-15-25(31)16-12-24)28(19-22-7-3-2-4-8-22)30(35)32-26-9-5-6-10-26/h2-4,7-8,11-18,26,28H,5-6,9-10,19-21H2,1H3,(H,32,35). The highest BCUT2D eigenvalue weighted by Gasteiger charge is 2.32. The van der Waals surface area contributed by atoms with Crippen LogP contribution in [0.15, 0.2) is 78.9 Å². The summed E-state index contributed by atoms with van der Waals surface area (Å²) in [5, 5.41) is 3.20. The van der Waals surface area contributed by atoms with E-state index in [0.717, 1.165) is 42.4 Å². The van der Waals surface area contributed by atoms with Crippen LogP contribution in [0.2, 0.25) is 0 Å². The van der Waals surface area contributed by atoms with Gasteiger partial charge < -0.3 is 15.0 Å². The summed E-state index contributed by atoms with van der Waals surface area (Å²) >= 11 is 0. The van der Waals surface area contributed by atoms with E-state index in [1.807, 2.05) is 54.6 Å². The Bertz CT molecular complexity index is 1130. The van der Waals surface area contributed by atoms with Gasteiger partial charge >= 0.3 is 0 Å². The van der Waals surface area contributed by atoms with Crippen LogP contribution in [-0.4, -0.2) is 35.9 Å². The molecule has 0 spiro atoms. The Balaban J connectivity index is 1.64. The van der Waals surface area contributed by atoms with E-state index in [4.69, 9.17) is 4.74 Å². The molecule has 5 nitrogen and oxygen atoms in total. The number of nitrogens with zero attached hydrogens (tertiary/aromatic N) is 1. The minimum absolute atomic E-state index is 0.139. The molecule has 1 aliphatic carbocycles. The van der Waals surface area contributed by atoms with Crippen molar-refractivity contribution in [1.82, 2.24) is 10.2 Å². The zero-order valence-electron chi connectivity index (χ0n) is 20.7. The van der Waals surface area contributed by atoms with Crippen LogP contribution in [0.25, 0.3) is 0 Å². The zero-order chi connectivity index (χ0) is 25.3. The summed E-state index contributed by atoms with van der Waals surface area (Å²) in [5.41, 5.74) is 2.58. The fraction of sp³-hybridized carbons (Fsp3) is 0.333. The average molecular weight is 489 g/mol. The molecule has 36 heavy (non-hydrogen) atoms. The molecule has 0 aromatic heterocycles. The van der Waals surface area contributed by atoms with Crippen LogP contribution >= 0.6 is 0 Å². The number of nitrogens with one attached hydrogen (secondary N) is 1. The molecule has 1 unspecified atom stereocenters. The Labute approximate surface area is 212 Å². The summed E-state index contributed by atoms with van der Waals surface area (Å²) in [6, 6.07) is 22.6. The highest BCUT2D eigenvalue weighted by atomic mass is 19.1. The zero-order valence-corrected chi connectivity index (χ0v) is 20.7. The van der Waals surface area contributed by atoms with Gasteiger partial charge in [-0.1, -0.05) is 67.4 Å². The van der Waals surface area contributed by atoms with Crippen LogP contribution < -0.4 is 10.1 Å². The van der Waals surface area contributed by atoms with Crippen LogP contribution in [0.3, 0.4) is 0 Å². The molecule has 1 aliphatic rings. The molecule has 1 atom stereocenters. The second kappa shape index (κ2) is 12.3. The maximum Gasteiger partial charge on any atom is 0.243 e. The van der Waals surface area contributed by atoms with Gasteiger partial charge in [0.1, 0.15) is 17.6 Å². The summed E-state index contributed by atoms with van der Waals surface area (Å²) in [6.45, 7) is 0.213. The fourth-order valence-electron chi connectivity index (χ4n) is 4.73.